The van der Waals surface area contributed by atoms with Crippen LogP contribution in [0.15, 0.2) is 33.2 Å². The summed E-state index contributed by atoms with van der Waals surface area (Å²) >= 11 is 3.46. The second-order valence-corrected chi connectivity index (χ2v) is 6.56. The van der Waals surface area contributed by atoms with Crippen LogP contribution < -0.4 is 10.1 Å². The molecule has 1 saturated carbocycles. The summed E-state index contributed by atoms with van der Waals surface area (Å²) in [7, 11) is 0. The molecule has 0 amide bonds. The predicted molar refractivity (Wildman–Crippen MR) is 86.5 cm³/mol. The number of aryl methyl sites for hydroxylation is 2. The molecule has 1 aromatic carbocycles. The summed E-state index contributed by atoms with van der Waals surface area (Å²) < 4.78 is 12.8. The van der Waals surface area contributed by atoms with Gasteiger partial charge >= 0.3 is 0 Å². The number of furan rings is 1. The van der Waals surface area contributed by atoms with Gasteiger partial charge in [-0.05, 0) is 56.5 Å². The van der Waals surface area contributed by atoms with E-state index >= 15 is 0 Å². The summed E-state index contributed by atoms with van der Waals surface area (Å²) in [5.74, 6) is 2.85. The van der Waals surface area contributed by atoms with Crippen LogP contribution in [0.2, 0.25) is 0 Å². The number of hydrogen-bond donors (Lipinski definition) is 1. The zero-order valence-corrected chi connectivity index (χ0v) is 14.0. The Balaban J connectivity index is 1.61. The Bertz CT molecular complexity index is 632. The van der Waals surface area contributed by atoms with Gasteiger partial charge in [0.1, 0.15) is 23.9 Å². The van der Waals surface area contributed by atoms with Gasteiger partial charge in [-0.3, -0.25) is 0 Å². The molecule has 1 aliphatic carbocycles. The van der Waals surface area contributed by atoms with E-state index in [0.29, 0.717) is 12.6 Å². The monoisotopic (exact) mass is 349 g/mol. The molecule has 1 heterocycles. The molecule has 0 aliphatic heterocycles. The second kappa shape index (κ2) is 6.24. The van der Waals surface area contributed by atoms with Crippen molar-refractivity contribution in [3.8, 4) is 5.75 Å². The molecule has 1 aromatic heterocycles. The Kier molecular flexibility index (Phi) is 4.36. The minimum atomic E-state index is 0.543. The van der Waals surface area contributed by atoms with Crippen molar-refractivity contribution in [2.45, 2.75) is 45.9 Å². The fourth-order valence-corrected chi connectivity index (χ4v) is 2.76. The number of rotatable bonds is 6. The average molecular weight is 350 g/mol. The van der Waals surface area contributed by atoms with Crippen LogP contribution >= 0.6 is 15.9 Å². The van der Waals surface area contributed by atoms with Gasteiger partial charge in [0.15, 0.2) is 0 Å². The van der Waals surface area contributed by atoms with Crippen molar-refractivity contribution in [3.05, 3.63) is 51.4 Å². The minimum absolute atomic E-state index is 0.543. The molecule has 3 nitrogen and oxygen atoms in total. The molecule has 1 fully saturated rings. The van der Waals surface area contributed by atoms with E-state index < -0.39 is 0 Å². The first-order valence-corrected chi connectivity index (χ1v) is 8.11. The zero-order chi connectivity index (χ0) is 14.8. The molecule has 0 radical (unpaired) electrons. The third-order valence-electron chi connectivity index (χ3n) is 3.73. The van der Waals surface area contributed by atoms with Gasteiger partial charge in [-0.15, -0.1) is 0 Å². The molecule has 112 valence electrons. The molecule has 0 bridgehead atoms. The van der Waals surface area contributed by atoms with Crippen LogP contribution in [0.3, 0.4) is 0 Å². The van der Waals surface area contributed by atoms with Gasteiger partial charge < -0.3 is 14.5 Å². The van der Waals surface area contributed by atoms with Crippen LogP contribution in [0, 0.1) is 13.8 Å². The molecule has 4 heteroatoms. The summed E-state index contributed by atoms with van der Waals surface area (Å²) in [5.41, 5.74) is 2.24. The summed E-state index contributed by atoms with van der Waals surface area (Å²) in [6, 6.07) is 8.84. The fourth-order valence-electron chi connectivity index (χ4n) is 2.28. The van der Waals surface area contributed by atoms with Crippen LogP contribution in [0.25, 0.3) is 0 Å². The number of hydrogen-bond acceptors (Lipinski definition) is 3. The SMILES string of the molecule is Cc1cc(Br)ccc1OCc1cc(CNC2CC2)oc1C. The van der Waals surface area contributed by atoms with E-state index in [-0.39, 0.29) is 0 Å². The fraction of sp³-hybridized carbons (Fsp3) is 0.412. The lowest BCUT2D eigenvalue weighted by molar-refractivity contribution is 0.301. The Hall–Kier alpha value is -1.26. The van der Waals surface area contributed by atoms with Gasteiger partial charge in [-0.25, -0.2) is 0 Å². The van der Waals surface area contributed by atoms with Crippen molar-refractivity contribution in [2.24, 2.45) is 0 Å². The van der Waals surface area contributed by atoms with E-state index in [1.165, 1.54) is 12.8 Å². The van der Waals surface area contributed by atoms with Gasteiger partial charge in [0, 0.05) is 16.1 Å². The molecule has 0 saturated heterocycles. The van der Waals surface area contributed by atoms with Crippen LogP contribution in [0.4, 0.5) is 0 Å². The Morgan fingerprint density at radius 1 is 1.29 bits per heavy atom. The van der Waals surface area contributed by atoms with Crippen molar-refractivity contribution in [2.75, 3.05) is 0 Å². The molecular weight excluding hydrogens is 330 g/mol. The standard InChI is InChI=1S/C17H20BrNO2/c1-11-7-14(18)3-6-17(11)20-10-13-8-16(21-12(13)2)9-19-15-4-5-15/h3,6-8,15,19H,4-5,9-10H2,1-2H3. The number of benzene rings is 1. The van der Waals surface area contributed by atoms with Crippen molar-refractivity contribution in [3.63, 3.8) is 0 Å². The van der Waals surface area contributed by atoms with Crippen LogP contribution in [-0.4, -0.2) is 6.04 Å². The van der Waals surface area contributed by atoms with Gasteiger partial charge in [-0.1, -0.05) is 15.9 Å². The van der Waals surface area contributed by atoms with Crippen LogP contribution in [-0.2, 0) is 13.2 Å². The minimum Gasteiger partial charge on any atom is -0.489 e. The van der Waals surface area contributed by atoms with E-state index in [9.17, 15) is 0 Å². The molecule has 2 aromatic rings. The predicted octanol–water partition coefficient (Wildman–Crippen LogP) is 4.49. The third kappa shape index (κ3) is 3.89. The van der Waals surface area contributed by atoms with E-state index in [4.69, 9.17) is 9.15 Å². The van der Waals surface area contributed by atoms with E-state index in [0.717, 1.165) is 39.4 Å². The van der Waals surface area contributed by atoms with E-state index in [1.807, 2.05) is 26.0 Å². The summed E-state index contributed by atoms with van der Waals surface area (Å²) in [6.45, 7) is 5.39. The van der Waals surface area contributed by atoms with E-state index in [1.54, 1.807) is 0 Å². The lowest BCUT2D eigenvalue weighted by Gasteiger charge is -2.08. The first-order valence-electron chi connectivity index (χ1n) is 7.32. The van der Waals surface area contributed by atoms with E-state index in [2.05, 4.69) is 33.4 Å². The highest BCUT2D eigenvalue weighted by Gasteiger charge is 2.21. The van der Waals surface area contributed by atoms with Gasteiger partial charge in [0.05, 0.1) is 6.54 Å². The van der Waals surface area contributed by atoms with Gasteiger partial charge in [-0.2, -0.15) is 0 Å². The molecule has 0 spiro atoms. The highest BCUT2D eigenvalue weighted by atomic mass is 79.9. The molecule has 0 unspecified atom stereocenters. The highest BCUT2D eigenvalue weighted by Crippen LogP contribution is 2.25. The number of nitrogens with one attached hydrogen (secondary N) is 1. The molecular formula is C17H20BrNO2. The summed E-state index contributed by atoms with van der Waals surface area (Å²) in [6.07, 6.45) is 2.58. The topological polar surface area (TPSA) is 34.4 Å². The molecule has 21 heavy (non-hydrogen) atoms. The normalized spacial score (nSPS) is 14.4. The molecule has 3 rings (SSSR count). The Morgan fingerprint density at radius 3 is 2.81 bits per heavy atom. The lowest BCUT2D eigenvalue weighted by Crippen LogP contribution is -2.14. The number of ether oxygens (including phenoxy) is 1. The summed E-state index contributed by atoms with van der Waals surface area (Å²) in [5, 5.41) is 3.46. The first kappa shape index (κ1) is 14.7. The van der Waals surface area contributed by atoms with Crippen molar-refractivity contribution in [1.29, 1.82) is 0 Å². The second-order valence-electron chi connectivity index (χ2n) is 5.65. The smallest absolute Gasteiger partial charge is 0.122 e. The first-order chi connectivity index (χ1) is 10.1. The van der Waals surface area contributed by atoms with Crippen molar-refractivity contribution in [1.82, 2.24) is 5.32 Å². The largest absolute Gasteiger partial charge is 0.489 e. The molecule has 1 aliphatic rings. The molecule has 1 N–H and O–H groups in total. The zero-order valence-electron chi connectivity index (χ0n) is 12.4. The van der Waals surface area contributed by atoms with Gasteiger partial charge in [0.2, 0.25) is 0 Å². The quantitative estimate of drug-likeness (QED) is 0.834. The average Bonchev–Trinajstić information content (AvgIpc) is 3.20. The van der Waals surface area contributed by atoms with Crippen LogP contribution in [0.1, 0.15) is 35.5 Å². The Morgan fingerprint density at radius 2 is 2.10 bits per heavy atom. The van der Waals surface area contributed by atoms with Crippen molar-refractivity contribution < 1.29 is 9.15 Å². The maximum absolute atomic E-state index is 5.91. The number of halogens is 1. The van der Waals surface area contributed by atoms with Crippen LogP contribution in [0.5, 0.6) is 5.75 Å². The maximum atomic E-state index is 5.91. The van der Waals surface area contributed by atoms with Crippen molar-refractivity contribution >= 4 is 15.9 Å². The Labute approximate surface area is 133 Å². The lowest BCUT2D eigenvalue weighted by atomic mass is 10.2. The molecule has 0 atom stereocenters. The highest BCUT2D eigenvalue weighted by molar-refractivity contribution is 9.10. The summed E-state index contributed by atoms with van der Waals surface area (Å²) in [4.78, 5) is 0. The third-order valence-corrected chi connectivity index (χ3v) is 4.23. The van der Waals surface area contributed by atoms with Gasteiger partial charge in [0.25, 0.3) is 0 Å². The maximum Gasteiger partial charge on any atom is 0.122 e.